The molecule has 0 aliphatic heterocycles. The highest BCUT2D eigenvalue weighted by molar-refractivity contribution is 7.10. The first-order valence-electron chi connectivity index (χ1n) is 5.94. The summed E-state index contributed by atoms with van der Waals surface area (Å²) in [5.41, 5.74) is 0.998. The summed E-state index contributed by atoms with van der Waals surface area (Å²) >= 11 is 1.55. The van der Waals surface area contributed by atoms with Gasteiger partial charge < -0.3 is 10.4 Å². The van der Waals surface area contributed by atoms with E-state index in [-0.39, 0.29) is 0 Å². The molecule has 2 aromatic rings. The van der Waals surface area contributed by atoms with Crippen LogP contribution in [0.4, 0.5) is 5.82 Å². The molecule has 2 heterocycles. The number of aromatic nitrogens is 2. The molecular formula is C13H17N3OS. The summed E-state index contributed by atoms with van der Waals surface area (Å²) in [6, 6.07) is 5.78. The van der Waals surface area contributed by atoms with Gasteiger partial charge in [0.15, 0.2) is 0 Å². The highest BCUT2D eigenvalue weighted by Gasteiger charge is 2.09. The van der Waals surface area contributed by atoms with E-state index < -0.39 is 6.10 Å². The summed E-state index contributed by atoms with van der Waals surface area (Å²) in [7, 11) is 0. The van der Waals surface area contributed by atoms with Crippen molar-refractivity contribution in [3.63, 3.8) is 0 Å². The van der Waals surface area contributed by atoms with Gasteiger partial charge in [-0.3, -0.25) is 0 Å². The number of aliphatic hydroxyl groups excluding tert-OH is 1. The van der Waals surface area contributed by atoms with Crippen molar-refractivity contribution in [3.05, 3.63) is 40.5 Å². The first-order valence-corrected chi connectivity index (χ1v) is 6.82. The topological polar surface area (TPSA) is 58.0 Å². The van der Waals surface area contributed by atoms with Gasteiger partial charge in [-0.05, 0) is 17.4 Å². The number of rotatable bonds is 5. The largest absolute Gasteiger partial charge is 0.386 e. The summed E-state index contributed by atoms with van der Waals surface area (Å²) in [6.07, 6.45) is 1.05. The van der Waals surface area contributed by atoms with Crippen LogP contribution in [0.5, 0.6) is 0 Å². The van der Waals surface area contributed by atoms with Crippen LogP contribution >= 0.6 is 11.3 Å². The summed E-state index contributed by atoms with van der Waals surface area (Å²) in [4.78, 5) is 9.31. The summed E-state index contributed by atoms with van der Waals surface area (Å²) in [5, 5.41) is 15.0. The smallest absolute Gasteiger partial charge is 0.129 e. The van der Waals surface area contributed by atoms with Crippen molar-refractivity contribution in [2.75, 3.05) is 11.9 Å². The molecule has 18 heavy (non-hydrogen) atoms. The van der Waals surface area contributed by atoms with Gasteiger partial charge in [-0.2, -0.15) is 0 Å². The molecule has 0 fully saturated rings. The monoisotopic (exact) mass is 263 g/mol. The fourth-order valence-corrected chi connectivity index (χ4v) is 2.28. The minimum Gasteiger partial charge on any atom is -0.386 e. The Labute approximate surface area is 111 Å². The molecule has 2 aromatic heterocycles. The lowest BCUT2D eigenvalue weighted by molar-refractivity contribution is 0.195. The lowest BCUT2D eigenvalue weighted by Gasteiger charge is -2.11. The van der Waals surface area contributed by atoms with Crippen molar-refractivity contribution in [3.8, 4) is 0 Å². The molecule has 2 rings (SSSR count). The lowest BCUT2D eigenvalue weighted by atomic mass is 10.1. The van der Waals surface area contributed by atoms with Crippen molar-refractivity contribution in [1.82, 2.24) is 9.97 Å². The molecule has 0 saturated carbocycles. The molecule has 1 atom stereocenters. The standard InChI is InChI=1S/C13H17N3OS/c1-9(2)10-6-13(16-8-15-10)14-7-11(17)12-4-3-5-18-12/h3-6,8-9,11,17H,7H2,1-2H3,(H,14,15,16)/t11-/m1/s1. The number of nitrogens with zero attached hydrogens (tertiary/aromatic N) is 2. The molecule has 0 radical (unpaired) electrons. The minimum absolute atomic E-state index is 0.371. The Kier molecular flexibility index (Phi) is 4.28. The van der Waals surface area contributed by atoms with Crippen LogP contribution < -0.4 is 5.32 Å². The Morgan fingerprint density at radius 1 is 1.39 bits per heavy atom. The van der Waals surface area contributed by atoms with E-state index in [0.29, 0.717) is 12.5 Å². The number of anilines is 1. The van der Waals surface area contributed by atoms with Crippen LogP contribution in [0.25, 0.3) is 0 Å². The van der Waals surface area contributed by atoms with Crippen LogP contribution in [-0.4, -0.2) is 21.6 Å². The van der Waals surface area contributed by atoms with Gasteiger partial charge in [-0.25, -0.2) is 9.97 Å². The lowest BCUT2D eigenvalue weighted by Crippen LogP contribution is -2.12. The van der Waals surface area contributed by atoms with Crippen molar-refractivity contribution < 1.29 is 5.11 Å². The van der Waals surface area contributed by atoms with E-state index in [0.717, 1.165) is 16.4 Å². The van der Waals surface area contributed by atoms with E-state index in [1.165, 1.54) is 0 Å². The zero-order chi connectivity index (χ0) is 13.0. The molecule has 96 valence electrons. The fraction of sp³-hybridized carbons (Fsp3) is 0.385. The number of thiophene rings is 1. The van der Waals surface area contributed by atoms with Crippen LogP contribution in [0.2, 0.25) is 0 Å². The second kappa shape index (κ2) is 5.93. The van der Waals surface area contributed by atoms with Gasteiger partial charge in [0.25, 0.3) is 0 Å². The molecule has 0 saturated heterocycles. The molecule has 5 heteroatoms. The maximum Gasteiger partial charge on any atom is 0.129 e. The highest BCUT2D eigenvalue weighted by atomic mass is 32.1. The van der Waals surface area contributed by atoms with E-state index in [1.54, 1.807) is 17.7 Å². The summed E-state index contributed by atoms with van der Waals surface area (Å²) < 4.78 is 0. The SMILES string of the molecule is CC(C)c1cc(NC[C@@H](O)c2cccs2)ncn1. The van der Waals surface area contributed by atoms with Crippen LogP contribution in [0.3, 0.4) is 0 Å². The first kappa shape index (κ1) is 13.0. The summed E-state index contributed by atoms with van der Waals surface area (Å²) in [5.74, 6) is 1.13. The molecule has 0 aromatic carbocycles. The quantitative estimate of drug-likeness (QED) is 0.871. The molecular weight excluding hydrogens is 246 g/mol. The molecule has 0 amide bonds. The van der Waals surface area contributed by atoms with Crippen molar-refractivity contribution >= 4 is 17.2 Å². The van der Waals surface area contributed by atoms with Gasteiger partial charge in [-0.15, -0.1) is 11.3 Å². The predicted molar refractivity (Wildman–Crippen MR) is 73.9 cm³/mol. The van der Waals surface area contributed by atoms with Crippen molar-refractivity contribution in [1.29, 1.82) is 0 Å². The molecule has 0 unspecified atom stereocenters. The van der Waals surface area contributed by atoms with Gasteiger partial charge in [0.05, 0.1) is 0 Å². The van der Waals surface area contributed by atoms with Crippen LogP contribution in [-0.2, 0) is 0 Å². The van der Waals surface area contributed by atoms with E-state index in [2.05, 4.69) is 29.1 Å². The number of aliphatic hydroxyl groups is 1. The van der Waals surface area contributed by atoms with Gasteiger partial charge in [0.2, 0.25) is 0 Å². The van der Waals surface area contributed by atoms with E-state index in [4.69, 9.17) is 0 Å². The van der Waals surface area contributed by atoms with Gasteiger partial charge in [0.1, 0.15) is 18.2 Å². The molecule has 0 bridgehead atoms. The minimum atomic E-state index is -0.498. The maximum atomic E-state index is 9.95. The van der Waals surface area contributed by atoms with E-state index >= 15 is 0 Å². The average Bonchev–Trinajstić information content (AvgIpc) is 2.90. The Morgan fingerprint density at radius 2 is 2.22 bits per heavy atom. The average molecular weight is 263 g/mol. The highest BCUT2D eigenvalue weighted by Crippen LogP contribution is 2.19. The van der Waals surface area contributed by atoms with E-state index in [9.17, 15) is 5.11 Å². The maximum absolute atomic E-state index is 9.95. The second-order valence-electron chi connectivity index (χ2n) is 4.39. The Balaban J connectivity index is 1.96. The third kappa shape index (κ3) is 3.27. The number of nitrogens with one attached hydrogen (secondary N) is 1. The summed E-state index contributed by atoms with van der Waals surface area (Å²) in [6.45, 7) is 4.63. The molecule has 0 aliphatic carbocycles. The molecule has 4 nitrogen and oxygen atoms in total. The fourth-order valence-electron chi connectivity index (χ4n) is 1.57. The third-order valence-electron chi connectivity index (χ3n) is 2.63. The zero-order valence-corrected chi connectivity index (χ0v) is 11.3. The van der Waals surface area contributed by atoms with Crippen LogP contribution in [0.1, 0.15) is 36.4 Å². The Hall–Kier alpha value is -1.46. The van der Waals surface area contributed by atoms with Crippen molar-refractivity contribution in [2.45, 2.75) is 25.9 Å². The molecule has 2 N–H and O–H groups in total. The van der Waals surface area contributed by atoms with Gasteiger partial charge >= 0.3 is 0 Å². The van der Waals surface area contributed by atoms with Crippen LogP contribution in [0.15, 0.2) is 29.9 Å². The predicted octanol–water partition coefficient (Wildman–Crippen LogP) is 2.81. The van der Waals surface area contributed by atoms with Gasteiger partial charge in [0, 0.05) is 23.2 Å². The third-order valence-corrected chi connectivity index (χ3v) is 3.60. The van der Waals surface area contributed by atoms with Crippen molar-refractivity contribution in [2.24, 2.45) is 0 Å². The normalized spacial score (nSPS) is 12.7. The Morgan fingerprint density at radius 3 is 2.89 bits per heavy atom. The Bertz CT molecular complexity index is 485. The first-order chi connectivity index (χ1) is 8.66. The second-order valence-corrected chi connectivity index (χ2v) is 5.37. The zero-order valence-electron chi connectivity index (χ0n) is 10.5. The number of hydrogen-bond acceptors (Lipinski definition) is 5. The number of hydrogen-bond donors (Lipinski definition) is 2. The molecule has 0 aliphatic rings. The molecule has 0 spiro atoms. The van der Waals surface area contributed by atoms with Crippen LogP contribution in [0, 0.1) is 0 Å². The van der Waals surface area contributed by atoms with Gasteiger partial charge in [-0.1, -0.05) is 19.9 Å². The van der Waals surface area contributed by atoms with E-state index in [1.807, 2.05) is 23.6 Å².